The Morgan fingerprint density at radius 2 is 1.54 bits per heavy atom. The number of allylic oxidation sites excluding steroid dienone is 1. The fourth-order valence-corrected chi connectivity index (χ4v) is 2.84. The molecule has 0 spiro atoms. The summed E-state index contributed by atoms with van der Waals surface area (Å²) in [6, 6.07) is 10.1. The third-order valence-electron chi connectivity index (χ3n) is 3.99. The van der Waals surface area contributed by atoms with Gasteiger partial charge >= 0.3 is 0 Å². The Balaban J connectivity index is 2.38. The van der Waals surface area contributed by atoms with E-state index in [2.05, 4.69) is 6.92 Å². The van der Waals surface area contributed by atoms with Gasteiger partial charge in [0, 0.05) is 11.1 Å². The molecule has 28 heavy (non-hydrogen) atoms. The largest absolute Gasteiger partial charge is 0.508 e. The highest BCUT2D eigenvalue weighted by Crippen LogP contribution is 2.34. The van der Waals surface area contributed by atoms with E-state index in [4.69, 9.17) is 9.47 Å². The van der Waals surface area contributed by atoms with E-state index in [0.717, 1.165) is 35.5 Å². The molecule has 0 aliphatic rings. The van der Waals surface area contributed by atoms with Gasteiger partial charge in [0.1, 0.15) is 17.2 Å². The van der Waals surface area contributed by atoms with Crippen molar-refractivity contribution in [2.24, 2.45) is 0 Å². The van der Waals surface area contributed by atoms with Gasteiger partial charge in [0.25, 0.3) is 0 Å². The molecule has 0 atom stereocenters. The van der Waals surface area contributed by atoms with Gasteiger partial charge in [0.05, 0.1) is 12.2 Å². The fourth-order valence-electron chi connectivity index (χ4n) is 2.84. The molecule has 1 N–H and O–H groups in total. The average Bonchev–Trinajstić information content (AvgIpc) is 2.62. The molecule has 0 aromatic heterocycles. The fraction of sp³-hybridized carbons (Fsp3) is 0.375. The SMILES string of the molecule is CCCc1c(OC(C)C)cc(C=CC(=O)c2ccc(O)cc2)cc1OC(C)C. The summed E-state index contributed by atoms with van der Waals surface area (Å²) in [5, 5.41) is 9.36. The second-order valence-electron chi connectivity index (χ2n) is 7.32. The predicted octanol–water partition coefficient (Wildman–Crippen LogP) is 5.82. The molecule has 0 unspecified atom stereocenters. The first-order valence-electron chi connectivity index (χ1n) is 9.81. The molecule has 0 fully saturated rings. The smallest absolute Gasteiger partial charge is 0.185 e. The maximum atomic E-state index is 12.4. The Morgan fingerprint density at radius 1 is 1.00 bits per heavy atom. The van der Waals surface area contributed by atoms with E-state index < -0.39 is 0 Å². The zero-order valence-electron chi connectivity index (χ0n) is 17.4. The van der Waals surface area contributed by atoms with Crippen molar-refractivity contribution in [3.63, 3.8) is 0 Å². The van der Waals surface area contributed by atoms with E-state index in [-0.39, 0.29) is 23.7 Å². The molecule has 4 heteroatoms. The quantitative estimate of drug-likeness (QED) is 0.439. The third kappa shape index (κ3) is 6.15. The number of hydrogen-bond donors (Lipinski definition) is 1. The standard InChI is InChI=1S/C24H30O4/c1-6-7-21-23(27-16(2)3)14-18(15-24(21)28-17(4)5)8-13-22(26)19-9-11-20(25)12-10-19/h8-17,25H,6-7H2,1-5H3. The van der Waals surface area contributed by atoms with Crippen LogP contribution in [0, 0.1) is 0 Å². The normalized spacial score (nSPS) is 11.4. The van der Waals surface area contributed by atoms with Crippen molar-refractivity contribution >= 4 is 11.9 Å². The van der Waals surface area contributed by atoms with Crippen molar-refractivity contribution in [3.05, 3.63) is 59.2 Å². The van der Waals surface area contributed by atoms with Crippen LogP contribution in [0.3, 0.4) is 0 Å². The van der Waals surface area contributed by atoms with E-state index in [1.54, 1.807) is 18.2 Å². The number of carbonyl (C=O) groups is 1. The second-order valence-corrected chi connectivity index (χ2v) is 7.32. The van der Waals surface area contributed by atoms with Gasteiger partial charge in [-0.15, -0.1) is 0 Å². The lowest BCUT2D eigenvalue weighted by Crippen LogP contribution is -2.12. The maximum Gasteiger partial charge on any atom is 0.185 e. The van der Waals surface area contributed by atoms with Crippen LogP contribution < -0.4 is 9.47 Å². The van der Waals surface area contributed by atoms with Crippen molar-refractivity contribution in [1.82, 2.24) is 0 Å². The molecule has 0 heterocycles. The Kier molecular flexibility index (Phi) is 7.68. The van der Waals surface area contributed by atoms with Gasteiger partial charge < -0.3 is 14.6 Å². The Hall–Kier alpha value is -2.75. The van der Waals surface area contributed by atoms with E-state index in [0.29, 0.717) is 5.56 Å². The van der Waals surface area contributed by atoms with Crippen molar-refractivity contribution < 1.29 is 19.4 Å². The van der Waals surface area contributed by atoms with E-state index in [9.17, 15) is 9.90 Å². The minimum atomic E-state index is -0.129. The molecular formula is C24H30O4. The molecule has 0 saturated carbocycles. The highest BCUT2D eigenvalue weighted by Gasteiger charge is 2.15. The van der Waals surface area contributed by atoms with Crippen molar-refractivity contribution in [2.45, 2.75) is 59.7 Å². The van der Waals surface area contributed by atoms with Crippen LogP contribution in [0.4, 0.5) is 0 Å². The monoisotopic (exact) mass is 382 g/mol. The lowest BCUT2D eigenvalue weighted by atomic mass is 10.0. The van der Waals surface area contributed by atoms with Crippen molar-refractivity contribution in [3.8, 4) is 17.2 Å². The molecule has 4 nitrogen and oxygen atoms in total. The Morgan fingerprint density at radius 3 is 2.00 bits per heavy atom. The number of hydrogen-bond acceptors (Lipinski definition) is 4. The van der Waals surface area contributed by atoms with Gasteiger partial charge in [-0.25, -0.2) is 0 Å². The summed E-state index contributed by atoms with van der Waals surface area (Å²) in [6.07, 6.45) is 5.23. The summed E-state index contributed by atoms with van der Waals surface area (Å²) in [5.41, 5.74) is 2.43. The van der Waals surface area contributed by atoms with Crippen LogP contribution >= 0.6 is 0 Å². The molecule has 0 saturated heterocycles. The molecule has 0 amide bonds. The number of aromatic hydroxyl groups is 1. The summed E-state index contributed by atoms with van der Waals surface area (Å²) in [6.45, 7) is 10.1. The molecule has 2 aromatic carbocycles. The maximum absolute atomic E-state index is 12.4. The second kappa shape index (κ2) is 9.98. The first-order chi connectivity index (χ1) is 13.3. The molecular weight excluding hydrogens is 352 g/mol. The summed E-state index contributed by atoms with van der Waals surface area (Å²) in [7, 11) is 0. The number of phenols is 1. The predicted molar refractivity (Wildman–Crippen MR) is 113 cm³/mol. The molecule has 0 aliphatic heterocycles. The zero-order chi connectivity index (χ0) is 20.7. The number of ether oxygens (including phenoxy) is 2. The number of ketones is 1. The van der Waals surface area contributed by atoms with Crippen LogP contribution in [0.5, 0.6) is 17.2 Å². The van der Waals surface area contributed by atoms with Crippen LogP contribution in [0.1, 0.15) is 62.5 Å². The van der Waals surface area contributed by atoms with Gasteiger partial charge in [-0.05, 0) is 82.2 Å². The minimum absolute atomic E-state index is 0.0420. The third-order valence-corrected chi connectivity index (χ3v) is 3.99. The molecule has 0 bridgehead atoms. The summed E-state index contributed by atoms with van der Waals surface area (Å²) in [5.74, 6) is 1.60. The van der Waals surface area contributed by atoms with Gasteiger partial charge in [0.2, 0.25) is 0 Å². The molecule has 2 aromatic rings. The van der Waals surface area contributed by atoms with E-state index in [1.165, 1.54) is 18.2 Å². The highest BCUT2D eigenvalue weighted by atomic mass is 16.5. The molecule has 0 radical (unpaired) electrons. The summed E-state index contributed by atoms with van der Waals surface area (Å²) >= 11 is 0. The van der Waals surface area contributed by atoms with E-state index in [1.807, 2.05) is 39.8 Å². The number of carbonyl (C=O) groups excluding carboxylic acids is 1. The lowest BCUT2D eigenvalue weighted by Gasteiger charge is -2.20. The highest BCUT2D eigenvalue weighted by molar-refractivity contribution is 6.06. The molecule has 2 rings (SSSR count). The lowest BCUT2D eigenvalue weighted by molar-refractivity contribution is 0.104. The Bertz CT molecular complexity index is 786. The number of rotatable bonds is 9. The van der Waals surface area contributed by atoms with Crippen LogP contribution in [0.2, 0.25) is 0 Å². The topological polar surface area (TPSA) is 55.8 Å². The molecule has 0 aliphatic carbocycles. The number of phenolic OH excluding ortho intramolecular Hbond substituents is 1. The van der Waals surface area contributed by atoms with Crippen molar-refractivity contribution in [2.75, 3.05) is 0 Å². The molecule has 150 valence electrons. The van der Waals surface area contributed by atoms with Crippen molar-refractivity contribution in [1.29, 1.82) is 0 Å². The number of benzene rings is 2. The van der Waals surface area contributed by atoms with Gasteiger partial charge in [-0.3, -0.25) is 4.79 Å². The van der Waals surface area contributed by atoms with Gasteiger partial charge in [0.15, 0.2) is 5.78 Å². The first kappa shape index (κ1) is 21.5. The average molecular weight is 383 g/mol. The van der Waals surface area contributed by atoms with Crippen LogP contribution in [-0.2, 0) is 6.42 Å². The minimum Gasteiger partial charge on any atom is -0.508 e. The summed E-state index contributed by atoms with van der Waals surface area (Å²) < 4.78 is 12.1. The Labute approximate surface area is 167 Å². The van der Waals surface area contributed by atoms with Crippen LogP contribution in [-0.4, -0.2) is 23.1 Å². The van der Waals surface area contributed by atoms with Gasteiger partial charge in [-0.2, -0.15) is 0 Å². The van der Waals surface area contributed by atoms with E-state index >= 15 is 0 Å². The first-order valence-corrected chi connectivity index (χ1v) is 9.81. The van der Waals surface area contributed by atoms with Gasteiger partial charge in [-0.1, -0.05) is 19.4 Å². The van der Waals surface area contributed by atoms with Crippen LogP contribution in [0.15, 0.2) is 42.5 Å². The summed E-state index contributed by atoms with van der Waals surface area (Å²) in [4.78, 5) is 12.4. The zero-order valence-corrected chi connectivity index (χ0v) is 17.4. The van der Waals surface area contributed by atoms with Crippen LogP contribution in [0.25, 0.3) is 6.08 Å².